The fraction of sp³-hybridized carbons (Fsp3) is 0.576. The smallest absolute Gasteiger partial charge is 0.237 e. The van der Waals surface area contributed by atoms with Gasteiger partial charge in [0.1, 0.15) is 11.7 Å². The first kappa shape index (κ1) is 39.7. The summed E-state index contributed by atoms with van der Waals surface area (Å²) in [5, 5.41) is 27.6. The molecule has 1 heterocycles. The molecule has 0 radical (unpaired) electrons. The molecule has 2 unspecified atom stereocenters. The number of nitrogens with one attached hydrogen (secondary N) is 3. The number of halogens is 4. The molecule has 11 heteroatoms. The third-order valence-corrected chi connectivity index (χ3v) is 7.57. The summed E-state index contributed by atoms with van der Waals surface area (Å²) in [6.07, 6.45) is 10.1. The van der Waals surface area contributed by atoms with Crippen LogP contribution in [0.3, 0.4) is 0 Å². The highest BCUT2D eigenvalue weighted by atomic mass is 35.5. The second-order valence-corrected chi connectivity index (χ2v) is 13.6. The van der Waals surface area contributed by atoms with Crippen molar-refractivity contribution in [2.45, 2.75) is 85.0 Å². The number of hydrogen-bond donors (Lipinski definition) is 5. The molecule has 0 bridgehead atoms. The van der Waals surface area contributed by atoms with Gasteiger partial charge in [-0.15, -0.1) is 0 Å². The molecule has 2 aliphatic rings. The van der Waals surface area contributed by atoms with E-state index in [2.05, 4.69) is 50.2 Å². The Morgan fingerprint density at radius 2 is 1.66 bits per heavy atom. The summed E-state index contributed by atoms with van der Waals surface area (Å²) < 4.78 is 28.6. The van der Waals surface area contributed by atoms with E-state index in [4.69, 9.17) is 23.2 Å². The molecule has 0 aromatic rings. The van der Waals surface area contributed by atoms with Crippen LogP contribution in [0.2, 0.25) is 0 Å². The highest BCUT2D eigenvalue weighted by Gasteiger charge is 2.38. The fourth-order valence-electron chi connectivity index (χ4n) is 4.85. The van der Waals surface area contributed by atoms with E-state index in [9.17, 15) is 28.6 Å². The lowest BCUT2D eigenvalue weighted by molar-refractivity contribution is -0.123. The predicted octanol–water partition coefficient (Wildman–Crippen LogP) is 6.45. The minimum absolute atomic E-state index is 0.127. The summed E-state index contributed by atoms with van der Waals surface area (Å²) in [6.45, 7) is 14.6. The summed E-state index contributed by atoms with van der Waals surface area (Å²) in [5.74, 6) is -1.93. The van der Waals surface area contributed by atoms with Gasteiger partial charge in [0, 0.05) is 18.8 Å². The summed E-state index contributed by atoms with van der Waals surface area (Å²) >= 11 is 11.7. The Morgan fingerprint density at radius 3 is 2.23 bits per heavy atom. The van der Waals surface area contributed by atoms with Crippen LogP contribution in [-0.4, -0.2) is 53.9 Å². The van der Waals surface area contributed by atoms with Gasteiger partial charge in [-0.05, 0) is 86.5 Å². The lowest BCUT2D eigenvalue weighted by atomic mass is 9.86. The average molecular weight is 661 g/mol. The lowest BCUT2D eigenvalue weighted by Crippen LogP contribution is -2.44. The first-order chi connectivity index (χ1) is 20.6. The molecule has 0 spiro atoms. The molecule has 2 rings (SSSR count). The largest absolute Gasteiger partial charge is 0.390 e. The van der Waals surface area contributed by atoms with Crippen molar-refractivity contribution in [3.63, 3.8) is 0 Å². The van der Waals surface area contributed by atoms with E-state index in [1.165, 1.54) is 24.3 Å². The first-order valence-corrected chi connectivity index (χ1v) is 15.7. The van der Waals surface area contributed by atoms with Crippen molar-refractivity contribution < 1.29 is 28.6 Å². The van der Waals surface area contributed by atoms with Crippen molar-refractivity contribution in [1.29, 1.82) is 0 Å². The minimum atomic E-state index is -0.709. The normalized spacial score (nSPS) is 27.0. The summed E-state index contributed by atoms with van der Waals surface area (Å²) in [7, 11) is 0. The fourth-order valence-corrected chi connectivity index (χ4v) is 5.14. The van der Waals surface area contributed by atoms with E-state index in [0.717, 1.165) is 6.42 Å². The molecule has 44 heavy (non-hydrogen) atoms. The van der Waals surface area contributed by atoms with Crippen LogP contribution in [0.1, 0.15) is 66.7 Å². The van der Waals surface area contributed by atoms with Gasteiger partial charge in [0.2, 0.25) is 12.3 Å². The zero-order chi connectivity index (χ0) is 33.4. The van der Waals surface area contributed by atoms with Crippen LogP contribution >= 0.6 is 23.2 Å². The Balaban J connectivity index is 0.00000178. The maximum Gasteiger partial charge on any atom is 0.237 e. The lowest BCUT2D eigenvalue weighted by Gasteiger charge is -2.21. The maximum atomic E-state index is 14.6. The number of amides is 2. The molecule has 5 N–H and O–H groups in total. The van der Waals surface area contributed by atoms with E-state index in [-0.39, 0.29) is 33.7 Å². The number of rotatable bonds is 14. The van der Waals surface area contributed by atoms with Gasteiger partial charge >= 0.3 is 0 Å². The van der Waals surface area contributed by atoms with Gasteiger partial charge in [-0.25, -0.2) is 8.78 Å². The van der Waals surface area contributed by atoms with Crippen LogP contribution in [0.15, 0.2) is 70.5 Å². The standard InChI is InChI=1S/C28H37Cl2F2N3O4.C5H12/c1-3-21(29)23(31)8-4-7-20-19(9-10-24(32)22(30)12-17(2)35-16-36)15-34-27(20)28(39)33-11-5-6-18-13-25(37)26(38)14-18;1-5(2,3)4/h3-4,8-10,12,16,18-20,25-27,34,37-38H,1,5-7,11,13-15H2,2H3,(H,33,39)(H,35,36);1-4H3/b8-4-,10-9+,17-12+,23-21-,24-22-;/t18?,19-,20-,25-,26?,27-;/m1./s1. The van der Waals surface area contributed by atoms with Gasteiger partial charge in [-0.3, -0.25) is 9.59 Å². The van der Waals surface area contributed by atoms with Crippen LogP contribution < -0.4 is 16.0 Å². The topological polar surface area (TPSA) is 111 Å². The Bertz CT molecular complexity index is 1100. The predicted molar refractivity (Wildman–Crippen MR) is 175 cm³/mol. The Kier molecular flexibility index (Phi) is 18.0. The number of hydrogen-bond acceptors (Lipinski definition) is 5. The molecule has 1 aliphatic heterocycles. The zero-order valence-corrected chi connectivity index (χ0v) is 27.9. The van der Waals surface area contributed by atoms with Crippen LogP contribution in [0.4, 0.5) is 8.78 Å². The number of aliphatic hydroxyl groups is 2. The minimum Gasteiger partial charge on any atom is -0.390 e. The van der Waals surface area contributed by atoms with Crippen molar-refractivity contribution in [3.05, 3.63) is 70.5 Å². The zero-order valence-electron chi connectivity index (χ0n) is 26.4. The van der Waals surface area contributed by atoms with Gasteiger partial charge in [0.05, 0.1) is 28.3 Å². The van der Waals surface area contributed by atoms with Crippen molar-refractivity contribution in [2.24, 2.45) is 23.2 Å². The Hall–Kier alpha value is -2.30. The van der Waals surface area contributed by atoms with Crippen LogP contribution in [0.5, 0.6) is 0 Å². The highest BCUT2D eigenvalue weighted by Crippen LogP contribution is 2.31. The van der Waals surface area contributed by atoms with Crippen LogP contribution in [0, 0.1) is 23.2 Å². The third kappa shape index (κ3) is 15.6. The molecule has 248 valence electrons. The molecular formula is C33H49Cl2F2N3O4. The molecule has 1 aliphatic carbocycles. The maximum absolute atomic E-state index is 14.6. The number of aliphatic hydroxyl groups excluding tert-OH is 2. The summed E-state index contributed by atoms with van der Waals surface area (Å²) in [5.41, 5.74) is 0.870. The second kappa shape index (κ2) is 20.0. The SMILES string of the molecule is C=C/C(Cl)=C(F)\C=C/C[C@@H]1[C@H](/C=C/C(F)=C(Cl)\C=C(/C)NC=O)CN[C@H]1C(=O)NCCCC1CC(O)[C@H](O)C1.CC(C)(C)C. The third-order valence-electron chi connectivity index (χ3n) is 6.94. The van der Waals surface area contributed by atoms with Crippen molar-refractivity contribution >= 4 is 35.5 Å². The summed E-state index contributed by atoms with van der Waals surface area (Å²) in [4.78, 5) is 23.5. The van der Waals surface area contributed by atoms with Crippen molar-refractivity contribution in [1.82, 2.24) is 16.0 Å². The van der Waals surface area contributed by atoms with Gasteiger partial charge in [0.15, 0.2) is 0 Å². The number of carbonyl (C=O) groups is 2. The van der Waals surface area contributed by atoms with Crippen LogP contribution in [-0.2, 0) is 9.59 Å². The molecule has 0 aromatic carbocycles. The van der Waals surface area contributed by atoms with Gasteiger partial charge in [-0.1, -0.05) is 69.6 Å². The molecular weight excluding hydrogens is 611 g/mol. The van der Waals surface area contributed by atoms with E-state index in [1.54, 1.807) is 19.1 Å². The molecule has 1 saturated carbocycles. The van der Waals surface area contributed by atoms with Crippen molar-refractivity contribution in [2.75, 3.05) is 13.1 Å². The van der Waals surface area contributed by atoms with E-state index >= 15 is 0 Å². The molecule has 7 nitrogen and oxygen atoms in total. The Morgan fingerprint density at radius 1 is 1.07 bits per heavy atom. The second-order valence-electron chi connectivity index (χ2n) is 12.8. The molecule has 2 fully saturated rings. The summed E-state index contributed by atoms with van der Waals surface area (Å²) in [6, 6.07) is -0.595. The first-order valence-electron chi connectivity index (χ1n) is 14.9. The van der Waals surface area contributed by atoms with E-state index in [0.29, 0.717) is 56.3 Å². The average Bonchev–Trinajstić information content (AvgIpc) is 3.49. The monoisotopic (exact) mass is 659 g/mol. The molecule has 0 aromatic heterocycles. The van der Waals surface area contributed by atoms with Gasteiger partial charge in [-0.2, -0.15) is 0 Å². The van der Waals surface area contributed by atoms with Crippen LogP contribution in [0.25, 0.3) is 0 Å². The highest BCUT2D eigenvalue weighted by molar-refractivity contribution is 6.31. The molecule has 6 atom stereocenters. The van der Waals surface area contributed by atoms with E-state index < -0.39 is 29.9 Å². The quantitative estimate of drug-likeness (QED) is 0.0836. The number of carbonyl (C=O) groups excluding carboxylic acids is 2. The van der Waals surface area contributed by atoms with Gasteiger partial charge < -0.3 is 26.2 Å². The Labute approximate surface area is 271 Å². The molecule has 2 amide bonds. The number of allylic oxidation sites excluding steroid dienone is 10. The molecule has 1 saturated heterocycles. The van der Waals surface area contributed by atoms with Crippen molar-refractivity contribution in [3.8, 4) is 0 Å². The van der Waals surface area contributed by atoms with Gasteiger partial charge in [0.25, 0.3) is 0 Å². The van der Waals surface area contributed by atoms with E-state index in [1.807, 2.05) is 0 Å².